The highest BCUT2D eigenvalue weighted by Crippen LogP contribution is 2.32. The first-order valence-corrected chi connectivity index (χ1v) is 12.1. The van der Waals surface area contributed by atoms with Gasteiger partial charge in [-0.25, -0.2) is 0 Å². The van der Waals surface area contributed by atoms with Crippen LogP contribution in [-0.2, 0) is 6.54 Å². The number of nitrogens with one attached hydrogen (secondary N) is 2. The first-order valence-electron chi connectivity index (χ1n) is 11.6. The van der Waals surface area contributed by atoms with Gasteiger partial charge in [0.05, 0.1) is 0 Å². The quantitative estimate of drug-likeness (QED) is 0.609. The molecular weight excluding hydrogens is 374 g/mol. The van der Waals surface area contributed by atoms with E-state index in [0.717, 1.165) is 24.5 Å². The fourth-order valence-corrected chi connectivity index (χ4v) is 5.87. The van der Waals surface area contributed by atoms with Crippen LogP contribution in [0.1, 0.15) is 91.0 Å². The normalized spacial score (nSPS) is 23.0. The summed E-state index contributed by atoms with van der Waals surface area (Å²) in [5, 5.41) is 8.58. The van der Waals surface area contributed by atoms with Gasteiger partial charge >= 0.3 is 0 Å². The number of benzene rings is 1. The third-order valence-corrected chi connectivity index (χ3v) is 6.85. The summed E-state index contributed by atoms with van der Waals surface area (Å²) in [5.74, 6) is 0. The second-order valence-electron chi connectivity index (χ2n) is 10.6. The number of thiocarbonyl (C=S) groups is 1. The minimum absolute atomic E-state index is 0.108. The SMILES string of the molecule is CC1(C)CC(N(Cc2ccccc2)C(=S)NC2CCCCCCC2)CC(C)(C)N1. The van der Waals surface area contributed by atoms with E-state index in [2.05, 4.69) is 73.6 Å². The lowest BCUT2D eigenvalue weighted by molar-refractivity contribution is 0.0990. The van der Waals surface area contributed by atoms with E-state index in [-0.39, 0.29) is 11.1 Å². The van der Waals surface area contributed by atoms with Crippen molar-refractivity contribution in [2.75, 3.05) is 0 Å². The molecule has 1 heterocycles. The Morgan fingerprint density at radius 2 is 1.52 bits per heavy atom. The summed E-state index contributed by atoms with van der Waals surface area (Å²) in [6.45, 7) is 10.2. The van der Waals surface area contributed by atoms with Gasteiger partial charge in [0.25, 0.3) is 0 Å². The van der Waals surface area contributed by atoms with Crippen LogP contribution in [0.15, 0.2) is 30.3 Å². The van der Waals surface area contributed by atoms with Crippen LogP contribution in [0.25, 0.3) is 0 Å². The molecule has 1 saturated carbocycles. The zero-order valence-electron chi connectivity index (χ0n) is 19.0. The summed E-state index contributed by atoms with van der Waals surface area (Å²) in [7, 11) is 0. The lowest BCUT2D eigenvalue weighted by atomic mass is 9.79. The van der Waals surface area contributed by atoms with Crippen molar-refractivity contribution in [1.29, 1.82) is 0 Å². The predicted octanol–water partition coefficient (Wildman–Crippen LogP) is 5.79. The van der Waals surface area contributed by atoms with Gasteiger partial charge in [0, 0.05) is 29.7 Å². The second kappa shape index (κ2) is 9.78. The molecule has 0 radical (unpaired) electrons. The van der Waals surface area contributed by atoms with Crippen molar-refractivity contribution in [2.24, 2.45) is 0 Å². The summed E-state index contributed by atoms with van der Waals surface area (Å²) in [6, 6.07) is 11.8. The first kappa shape index (κ1) is 22.6. The van der Waals surface area contributed by atoms with Gasteiger partial charge in [-0.2, -0.15) is 0 Å². The van der Waals surface area contributed by atoms with E-state index in [9.17, 15) is 0 Å². The molecule has 2 N–H and O–H groups in total. The Labute approximate surface area is 184 Å². The van der Waals surface area contributed by atoms with E-state index >= 15 is 0 Å². The predicted molar refractivity (Wildman–Crippen MR) is 128 cm³/mol. The molecule has 1 aromatic carbocycles. The number of hydrogen-bond donors (Lipinski definition) is 2. The molecule has 3 nitrogen and oxygen atoms in total. The van der Waals surface area contributed by atoms with E-state index in [1.165, 1.54) is 50.5 Å². The van der Waals surface area contributed by atoms with Crippen molar-refractivity contribution >= 4 is 17.3 Å². The fourth-order valence-electron chi connectivity index (χ4n) is 5.49. The molecule has 0 unspecified atom stereocenters. The standard InChI is InChI=1S/C25H41N3S/c1-24(2)17-22(18-25(3,4)27-24)28(19-20-13-9-8-10-14-20)23(29)26-21-15-11-6-5-7-12-16-21/h8-10,13-14,21-22,27H,5-7,11-12,15-19H2,1-4H3,(H,26,29). The third kappa shape index (κ3) is 6.96. The van der Waals surface area contributed by atoms with Crippen LogP contribution < -0.4 is 10.6 Å². The van der Waals surface area contributed by atoms with Gasteiger partial charge in [-0.1, -0.05) is 62.4 Å². The number of nitrogens with zero attached hydrogens (tertiary/aromatic N) is 1. The summed E-state index contributed by atoms with van der Waals surface area (Å²) >= 11 is 6.06. The van der Waals surface area contributed by atoms with Crippen LogP contribution in [0.3, 0.4) is 0 Å². The molecule has 162 valence electrons. The molecule has 1 saturated heterocycles. The van der Waals surface area contributed by atoms with Crippen molar-refractivity contribution in [2.45, 2.75) is 115 Å². The first-order chi connectivity index (χ1) is 13.7. The van der Waals surface area contributed by atoms with Gasteiger partial charge < -0.3 is 15.5 Å². The molecule has 29 heavy (non-hydrogen) atoms. The van der Waals surface area contributed by atoms with Crippen LogP contribution in [0.5, 0.6) is 0 Å². The highest BCUT2D eigenvalue weighted by Gasteiger charge is 2.40. The number of hydrogen-bond acceptors (Lipinski definition) is 2. The molecule has 0 atom stereocenters. The molecule has 2 aliphatic rings. The maximum absolute atomic E-state index is 6.06. The Bertz CT molecular complexity index is 631. The Kier molecular flexibility index (Phi) is 7.61. The largest absolute Gasteiger partial charge is 0.360 e. The molecule has 2 fully saturated rings. The average Bonchev–Trinajstić information content (AvgIpc) is 2.60. The maximum Gasteiger partial charge on any atom is 0.169 e. The topological polar surface area (TPSA) is 27.3 Å². The lowest BCUT2D eigenvalue weighted by Crippen LogP contribution is -2.63. The van der Waals surface area contributed by atoms with E-state index in [4.69, 9.17) is 12.2 Å². The van der Waals surface area contributed by atoms with Crippen molar-refractivity contribution in [3.63, 3.8) is 0 Å². The lowest BCUT2D eigenvalue weighted by Gasteiger charge is -2.50. The number of rotatable bonds is 4. The zero-order chi connectivity index (χ0) is 20.9. The van der Waals surface area contributed by atoms with Crippen LogP contribution >= 0.6 is 12.2 Å². The van der Waals surface area contributed by atoms with E-state index in [0.29, 0.717) is 12.1 Å². The summed E-state index contributed by atoms with van der Waals surface area (Å²) in [5.41, 5.74) is 1.55. The molecule has 0 aromatic heterocycles. The molecule has 3 rings (SSSR count). The third-order valence-electron chi connectivity index (χ3n) is 6.50. The average molecular weight is 416 g/mol. The van der Waals surface area contributed by atoms with Crippen molar-refractivity contribution in [3.05, 3.63) is 35.9 Å². The van der Waals surface area contributed by atoms with Crippen LogP contribution in [0.4, 0.5) is 0 Å². The minimum Gasteiger partial charge on any atom is -0.360 e. The Balaban J connectivity index is 1.77. The summed E-state index contributed by atoms with van der Waals surface area (Å²) in [4.78, 5) is 2.49. The van der Waals surface area contributed by atoms with Crippen LogP contribution in [0.2, 0.25) is 0 Å². The van der Waals surface area contributed by atoms with Gasteiger partial charge in [0.1, 0.15) is 0 Å². The van der Waals surface area contributed by atoms with Gasteiger partial charge in [0.2, 0.25) is 0 Å². The maximum atomic E-state index is 6.06. The summed E-state index contributed by atoms with van der Waals surface area (Å²) < 4.78 is 0. The van der Waals surface area contributed by atoms with Gasteiger partial charge in [0.15, 0.2) is 5.11 Å². The summed E-state index contributed by atoms with van der Waals surface area (Å²) in [6.07, 6.45) is 11.5. The van der Waals surface area contributed by atoms with E-state index < -0.39 is 0 Å². The molecule has 4 heteroatoms. The molecule has 0 amide bonds. The monoisotopic (exact) mass is 415 g/mol. The zero-order valence-corrected chi connectivity index (χ0v) is 19.8. The van der Waals surface area contributed by atoms with Crippen molar-refractivity contribution < 1.29 is 0 Å². The van der Waals surface area contributed by atoms with Gasteiger partial charge in [-0.3, -0.25) is 0 Å². The molecule has 0 spiro atoms. The van der Waals surface area contributed by atoms with Crippen molar-refractivity contribution in [3.8, 4) is 0 Å². The van der Waals surface area contributed by atoms with E-state index in [1.807, 2.05) is 0 Å². The van der Waals surface area contributed by atoms with Gasteiger partial charge in [-0.05, 0) is 71.2 Å². The molecular formula is C25H41N3S. The van der Waals surface area contributed by atoms with Gasteiger partial charge in [-0.15, -0.1) is 0 Å². The Hall–Kier alpha value is -1.13. The highest BCUT2D eigenvalue weighted by molar-refractivity contribution is 7.80. The molecule has 1 aliphatic carbocycles. The van der Waals surface area contributed by atoms with E-state index in [1.54, 1.807) is 0 Å². The number of piperidine rings is 1. The Morgan fingerprint density at radius 3 is 2.10 bits per heavy atom. The highest BCUT2D eigenvalue weighted by atomic mass is 32.1. The van der Waals surface area contributed by atoms with Crippen molar-refractivity contribution in [1.82, 2.24) is 15.5 Å². The smallest absolute Gasteiger partial charge is 0.169 e. The molecule has 1 aliphatic heterocycles. The minimum atomic E-state index is 0.108. The molecule has 0 bridgehead atoms. The van der Waals surface area contributed by atoms with Crippen LogP contribution in [-0.4, -0.2) is 33.2 Å². The fraction of sp³-hybridized carbons (Fsp3) is 0.720. The second-order valence-corrected chi connectivity index (χ2v) is 10.9. The Morgan fingerprint density at radius 1 is 0.966 bits per heavy atom. The molecule has 1 aromatic rings. The van der Waals surface area contributed by atoms with Crippen LogP contribution in [0, 0.1) is 0 Å².